The lowest BCUT2D eigenvalue weighted by Gasteiger charge is -2.28. The highest BCUT2D eigenvalue weighted by Gasteiger charge is 2.47. The topological polar surface area (TPSA) is 76.4 Å². The molecule has 104 valence electrons. The van der Waals surface area contributed by atoms with Crippen molar-refractivity contribution in [3.05, 3.63) is 24.3 Å². The van der Waals surface area contributed by atoms with E-state index in [4.69, 9.17) is 9.84 Å². The van der Waals surface area contributed by atoms with Crippen molar-refractivity contribution in [2.45, 2.75) is 24.5 Å². The van der Waals surface area contributed by atoms with Crippen LogP contribution in [0.2, 0.25) is 0 Å². The number of aliphatic hydroxyl groups is 3. The maximum absolute atomic E-state index is 10.1. The fourth-order valence-electron chi connectivity index (χ4n) is 2.77. The Labute approximate surface area is 111 Å². The second-order valence-corrected chi connectivity index (χ2v) is 5.03. The number of anilines is 2. The van der Waals surface area contributed by atoms with E-state index in [0.29, 0.717) is 6.67 Å². The van der Waals surface area contributed by atoms with Crippen LogP contribution in [0.4, 0.5) is 11.4 Å². The van der Waals surface area contributed by atoms with Gasteiger partial charge in [-0.15, -0.1) is 0 Å². The number of fused-ring (bicyclic) bond motifs is 1. The van der Waals surface area contributed by atoms with Crippen LogP contribution in [0.1, 0.15) is 0 Å². The van der Waals surface area contributed by atoms with Crippen LogP contribution >= 0.6 is 0 Å². The Morgan fingerprint density at radius 2 is 1.89 bits per heavy atom. The van der Waals surface area contributed by atoms with Gasteiger partial charge in [0.25, 0.3) is 0 Å². The van der Waals surface area contributed by atoms with Gasteiger partial charge in [-0.05, 0) is 12.1 Å². The summed E-state index contributed by atoms with van der Waals surface area (Å²) in [6.45, 7) is 0.270. The Hall–Kier alpha value is -1.34. The van der Waals surface area contributed by atoms with Crippen molar-refractivity contribution in [2.75, 3.05) is 30.1 Å². The molecule has 3 rings (SSSR count). The number of aliphatic hydroxyl groups excluding tert-OH is 3. The lowest BCUT2D eigenvalue weighted by atomic mass is 10.1. The summed E-state index contributed by atoms with van der Waals surface area (Å²) in [5.74, 6) is 0. The molecule has 1 aromatic rings. The Morgan fingerprint density at radius 3 is 2.53 bits per heavy atom. The molecule has 3 N–H and O–H groups in total. The smallest absolute Gasteiger partial charge is 0.161 e. The third-order valence-corrected chi connectivity index (χ3v) is 3.79. The summed E-state index contributed by atoms with van der Waals surface area (Å²) in [4.78, 5) is 3.95. The number of ether oxygens (including phenoxy) is 1. The SMILES string of the molecule is CN1CN(C2O[C@H](CO)[C@@H](O)[C@H]2O)c2ccccc21. The minimum atomic E-state index is -1.06. The number of hydrogen-bond donors (Lipinski definition) is 3. The van der Waals surface area contributed by atoms with Gasteiger partial charge in [-0.2, -0.15) is 0 Å². The van der Waals surface area contributed by atoms with Crippen molar-refractivity contribution >= 4 is 11.4 Å². The average molecular weight is 266 g/mol. The molecule has 1 aromatic carbocycles. The van der Waals surface area contributed by atoms with Gasteiger partial charge in [0.2, 0.25) is 0 Å². The van der Waals surface area contributed by atoms with Crippen LogP contribution in [-0.4, -0.2) is 60.2 Å². The molecule has 2 heterocycles. The van der Waals surface area contributed by atoms with E-state index in [2.05, 4.69) is 0 Å². The molecule has 19 heavy (non-hydrogen) atoms. The first kappa shape index (κ1) is 12.7. The average Bonchev–Trinajstić information content (AvgIpc) is 2.90. The third kappa shape index (κ3) is 1.88. The van der Waals surface area contributed by atoms with Crippen LogP contribution in [0.15, 0.2) is 24.3 Å². The first-order chi connectivity index (χ1) is 9.13. The summed E-state index contributed by atoms with van der Waals surface area (Å²) >= 11 is 0. The summed E-state index contributed by atoms with van der Waals surface area (Å²) in [5.41, 5.74) is 2.01. The van der Waals surface area contributed by atoms with Crippen molar-refractivity contribution in [3.63, 3.8) is 0 Å². The second-order valence-electron chi connectivity index (χ2n) is 5.03. The minimum absolute atomic E-state index is 0.306. The van der Waals surface area contributed by atoms with Crippen molar-refractivity contribution in [2.24, 2.45) is 0 Å². The number of benzene rings is 1. The van der Waals surface area contributed by atoms with Crippen LogP contribution in [0.5, 0.6) is 0 Å². The highest BCUT2D eigenvalue weighted by atomic mass is 16.6. The maximum atomic E-state index is 10.1. The van der Waals surface area contributed by atoms with E-state index < -0.39 is 24.5 Å². The molecule has 0 aromatic heterocycles. The van der Waals surface area contributed by atoms with E-state index in [1.54, 1.807) is 0 Å². The molecular formula is C13H18N2O4. The molecular weight excluding hydrogens is 248 g/mol. The minimum Gasteiger partial charge on any atom is -0.394 e. The summed E-state index contributed by atoms with van der Waals surface area (Å²) < 4.78 is 5.57. The zero-order valence-corrected chi connectivity index (χ0v) is 10.7. The van der Waals surface area contributed by atoms with Crippen molar-refractivity contribution in [3.8, 4) is 0 Å². The van der Waals surface area contributed by atoms with Crippen LogP contribution in [0.25, 0.3) is 0 Å². The molecule has 0 bridgehead atoms. The van der Waals surface area contributed by atoms with Gasteiger partial charge in [0.15, 0.2) is 6.23 Å². The molecule has 1 fully saturated rings. The zero-order valence-electron chi connectivity index (χ0n) is 10.7. The third-order valence-electron chi connectivity index (χ3n) is 3.79. The van der Waals surface area contributed by atoms with Gasteiger partial charge >= 0.3 is 0 Å². The van der Waals surface area contributed by atoms with Crippen molar-refractivity contribution in [1.29, 1.82) is 0 Å². The predicted molar refractivity (Wildman–Crippen MR) is 70.0 cm³/mol. The van der Waals surface area contributed by atoms with Crippen molar-refractivity contribution in [1.82, 2.24) is 0 Å². The molecule has 2 aliphatic rings. The molecule has 0 spiro atoms. The molecule has 1 saturated heterocycles. The lowest BCUT2D eigenvalue weighted by molar-refractivity contribution is -0.0220. The summed E-state index contributed by atoms with van der Waals surface area (Å²) in [6.07, 6.45) is -3.47. The number of rotatable bonds is 2. The Balaban J connectivity index is 1.89. The zero-order chi connectivity index (χ0) is 13.6. The molecule has 6 nitrogen and oxygen atoms in total. The van der Waals surface area contributed by atoms with Crippen LogP contribution in [0.3, 0.4) is 0 Å². The van der Waals surface area contributed by atoms with Gasteiger partial charge in [-0.1, -0.05) is 12.1 Å². The van der Waals surface area contributed by atoms with E-state index in [0.717, 1.165) is 11.4 Å². The second kappa shape index (κ2) is 4.64. The maximum Gasteiger partial charge on any atom is 0.161 e. The summed E-state index contributed by atoms with van der Waals surface area (Å²) in [5, 5.41) is 29.0. The lowest BCUT2D eigenvalue weighted by Crippen LogP contribution is -2.45. The van der Waals surface area contributed by atoms with E-state index >= 15 is 0 Å². The first-order valence-electron chi connectivity index (χ1n) is 6.32. The molecule has 6 heteroatoms. The monoisotopic (exact) mass is 266 g/mol. The number of hydrogen-bond acceptors (Lipinski definition) is 6. The number of nitrogens with zero attached hydrogens (tertiary/aromatic N) is 2. The Bertz CT molecular complexity index is 470. The normalized spacial score (nSPS) is 33.9. The predicted octanol–water partition coefficient (Wildman–Crippen LogP) is -0.661. The molecule has 0 amide bonds. The van der Waals surface area contributed by atoms with E-state index in [-0.39, 0.29) is 6.61 Å². The Morgan fingerprint density at radius 1 is 1.21 bits per heavy atom. The van der Waals surface area contributed by atoms with Gasteiger partial charge in [-0.25, -0.2) is 0 Å². The van der Waals surface area contributed by atoms with Crippen molar-refractivity contribution < 1.29 is 20.1 Å². The van der Waals surface area contributed by atoms with E-state index in [1.165, 1.54) is 0 Å². The molecule has 1 unspecified atom stereocenters. The van der Waals surface area contributed by atoms with Gasteiger partial charge in [0.05, 0.1) is 24.7 Å². The fraction of sp³-hybridized carbons (Fsp3) is 0.538. The van der Waals surface area contributed by atoms with Gasteiger partial charge < -0.3 is 29.9 Å². The van der Waals surface area contributed by atoms with Crippen LogP contribution < -0.4 is 9.80 Å². The van der Waals surface area contributed by atoms with Gasteiger partial charge in [0.1, 0.15) is 18.3 Å². The van der Waals surface area contributed by atoms with E-state index in [1.807, 2.05) is 41.1 Å². The van der Waals surface area contributed by atoms with Crippen LogP contribution in [0, 0.1) is 0 Å². The largest absolute Gasteiger partial charge is 0.394 e. The summed E-state index contributed by atoms with van der Waals surface area (Å²) in [7, 11) is 1.96. The summed E-state index contributed by atoms with van der Waals surface area (Å²) in [6, 6.07) is 7.83. The van der Waals surface area contributed by atoms with E-state index in [9.17, 15) is 10.2 Å². The highest BCUT2D eigenvalue weighted by molar-refractivity contribution is 5.76. The number of para-hydroxylation sites is 2. The fourth-order valence-corrected chi connectivity index (χ4v) is 2.77. The van der Waals surface area contributed by atoms with Gasteiger partial charge in [0, 0.05) is 7.05 Å². The molecule has 4 atom stereocenters. The first-order valence-corrected chi connectivity index (χ1v) is 6.32. The van der Waals surface area contributed by atoms with Gasteiger partial charge in [-0.3, -0.25) is 0 Å². The molecule has 0 saturated carbocycles. The molecule has 0 aliphatic carbocycles. The van der Waals surface area contributed by atoms with Crippen LogP contribution in [-0.2, 0) is 4.74 Å². The Kier molecular flexibility index (Phi) is 3.10. The standard InChI is InChI=1S/C13H18N2O4/c1-14-7-15(9-5-3-2-4-8(9)14)13-12(18)11(17)10(6-16)19-13/h2-5,10-13,16-18H,6-7H2,1H3/t10-,11-,12-,13?/m1/s1. The quantitative estimate of drug-likeness (QED) is 0.660. The molecule has 2 aliphatic heterocycles. The highest BCUT2D eigenvalue weighted by Crippen LogP contribution is 2.38. The molecule has 0 radical (unpaired) electrons.